The Labute approximate surface area is 151 Å². The first kappa shape index (κ1) is 15.6. The smallest absolute Gasteiger partial charge is 0.292 e. The maximum Gasteiger partial charge on any atom is 0.292 e. The van der Waals surface area contributed by atoms with Crippen LogP contribution >= 0.6 is 34.9 Å². The van der Waals surface area contributed by atoms with Gasteiger partial charge in [0.2, 0.25) is 0 Å². The first-order chi connectivity index (χ1) is 11.7. The molecule has 0 bridgehead atoms. The number of thiophene rings is 1. The van der Waals surface area contributed by atoms with E-state index in [1.165, 1.54) is 9.60 Å². The van der Waals surface area contributed by atoms with Gasteiger partial charge in [0.15, 0.2) is 6.67 Å². The molecule has 24 heavy (non-hydrogen) atoms. The minimum Gasteiger partial charge on any atom is -0.408 e. The van der Waals surface area contributed by atoms with Gasteiger partial charge in [-0.15, -0.1) is 27.8 Å². The van der Waals surface area contributed by atoms with E-state index in [2.05, 4.69) is 23.2 Å². The molecule has 0 saturated heterocycles. The number of nitrogens with one attached hydrogen (secondary N) is 1. The van der Waals surface area contributed by atoms with Crippen LogP contribution in [0.3, 0.4) is 0 Å². The lowest BCUT2D eigenvalue weighted by Crippen LogP contribution is -3.07. The standard InChI is InChI=1S/C16H14N4OS3/c1-19(9-14-17-11-5-2-3-6-12(11)24-14)10-20-16(22)21-15(18-20)13-7-4-8-23-13/h2-8H,9-10H2,1H3/p+1. The third-order valence-electron chi connectivity index (χ3n) is 3.55. The molecule has 4 rings (SSSR count). The molecule has 0 aliphatic heterocycles. The van der Waals surface area contributed by atoms with E-state index in [9.17, 15) is 0 Å². The van der Waals surface area contributed by atoms with E-state index < -0.39 is 0 Å². The quantitative estimate of drug-likeness (QED) is 0.544. The Morgan fingerprint density at radius 2 is 2.12 bits per heavy atom. The maximum atomic E-state index is 5.61. The van der Waals surface area contributed by atoms with Crippen molar-refractivity contribution in [3.05, 3.63) is 51.6 Å². The van der Waals surface area contributed by atoms with E-state index >= 15 is 0 Å². The predicted molar refractivity (Wildman–Crippen MR) is 98.9 cm³/mol. The molecular formula is C16H15N4OS3+. The van der Waals surface area contributed by atoms with E-state index in [4.69, 9.17) is 16.6 Å². The second-order valence-electron chi connectivity index (χ2n) is 5.52. The Bertz CT molecular complexity index is 982. The summed E-state index contributed by atoms with van der Waals surface area (Å²) < 4.78 is 8.57. The van der Waals surface area contributed by atoms with Gasteiger partial charge in [-0.25, -0.2) is 4.98 Å². The number of hydrogen-bond acceptors (Lipinski definition) is 6. The molecule has 0 aliphatic carbocycles. The van der Waals surface area contributed by atoms with Crippen molar-refractivity contribution in [3.63, 3.8) is 0 Å². The number of thiazole rings is 1. The van der Waals surface area contributed by atoms with Crippen molar-refractivity contribution in [2.75, 3.05) is 7.05 Å². The summed E-state index contributed by atoms with van der Waals surface area (Å²) in [6, 6.07) is 12.2. The molecule has 1 unspecified atom stereocenters. The van der Waals surface area contributed by atoms with Crippen LogP contribution in [0.2, 0.25) is 0 Å². The van der Waals surface area contributed by atoms with Crippen molar-refractivity contribution in [3.8, 4) is 10.8 Å². The summed E-state index contributed by atoms with van der Waals surface area (Å²) in [5.41, 5.74) is 1.06. The van der Waals surface area contributed by atoms with Crippen LogP contribution in [-0.4, -0.2) is 21.8 Å². The molecule has 122 valence electrons. The monoisotopic (exact) mass is 375 g/mol. The number of aromatic nitrogens is 3. The number of hydrogen-bond donors (Lipinski definition) is 1. The van der Waals surface area contributed by atoms with Crippen LogP contribution in [0.15, 0.2) is 46.2 Å². The highest BCUT2D eigenvalue weighted by Crippen LogP contribution is 2.23. The summed E-state index contributed by atoms with van der Waals surface area (Å²) in [7, 11) is 2.10. The lowest BCUT2D eigenvalue weighted by Gasteiger charge is -2.11. The zero-order valence-electron chi connectivity index (χ0n) is 12.9. The van der Waals surface area contributed by atoms with E-state index in [0.29, 0.717) is 17.4 Å². The average Bonchev–Trinajstić information content (AvgIpc) is 3.27. The Balaban J connectivity index is 1.49. The molecule has 1 atom stereocenters. The number of nitrogens with zero attached hydrogens (tertiary/aromatic N) is 3. The summed E-state index contributed by atoms with van der Waals surface area (Å²) in [5.74, 6) is 0.586. The molecule has 3 aromatic heterocycles. The highest BCUT2D eigenvalue weighted by Gasteiger charge is 2.14. The van der Waals surface area contributed by atoms with Gasteiger partial charge >= 0.3 is 0 Å². The highest BCUT2D eigenvalue weighted by molar-refractivity contribution is 7.71. The second kappa shape index (κ2) is 6.56. The van der Waals surface area contributed by atoms with Crippen LogP contribution in [-0.2, 0) is 13.2 Å². The van der Waals surface area contributed by atoms with Gasteiger partial charge < -0.3 is 9.32 Å². The SMILES string of the molecule is C[NH+](Cc1nc2ccccc2s1)Cn1nc(-c2cccs2)oc1=S. The molecular weight excluding hydrogens is 360 g/mol. The number of quaternary nitrogens is 1. The Morgan fingerprint density at radius 1 is 1.25 bits per heavy atom. The highest BCUT2D eigenvalue weighted by atomic mass is 32.1. The second-order valence-corrected chi connectivity index (χ2v) is 7.93. The zero-order valence-corrected chi connectivity index (χ0v) is 15.4. The van der Waals surface area contributed by atoms with Crippen molar-refractivity contribution in [2.45, 2.75) is 13.2 Å². The normalized spacial score (nSPS) is 12.7. The van der Waals surface area contributed by atoms with Crippen LogP contribution < -0.4 is 4.90 Å². The fourth-order valence-corrected chi connectivity index (χ4v) is 4.38. The summed E-state index contributed by atoms with van der Waals surface area (Å²) in [6.45, 7) is 1.46. The molecule has 1 aromatic carbocycles. The van der Waals surface area contributed by atoms with Gasteiger partial charge in [-0.1, -0.05) is 18.2 Å². The molecule has 8 heteroatoms. The van der Waals surface area contributed by atoms with Gasteiger partial charge in [-0.3, -0.25) is 0 Å². The molecule has 0 saturated carbocycles. The van der Waals surface area contributed by atoms with Crippen LogP contribution in [0.4, 0.5) is 0 Å². The first-order valence-corrected chi connectivity index (χ1v) is 9.57. The summed E-state index contributed by atoms with van der Waals surface area (Å²) in [6.07, 6.45) is 0. The van der Waals surface area contributed by atoms with Gasteiger partial charge in [0.05, 0.1) is 22.1 Å². The summed E-state index contributed by atoms with van der Waals surface area (Å²) in [4.78, 5) is 7.32. The molecule has 1 N–H and O–H groups in total. The van der Waals surface area contributed by atoms with Crippen molar-refractivity contribution in [1.29, 1.82) is 0 Å². The molecule has 0 aliphatic rings. The van der Waals surface area contributed by atoms with E-state index in [0.717, 1.165) is 21.9 Å². The third-order valence-corrected chi connectivity index (χ3v) is 5.74. The van der Waals surface area contributed by atoms with Gasteiger partial charge in [-0.2, -0.15) is 4.68 Å². The third kappa shape index (κ3) is 3.18. The van der Waals surface area contributed by atoms with E-state index in [1.807, 2.05) is 35.7 Å². The van der Waals surface area contributed by atoms with Crippen molar-refractivity contribution in [2.24, 2.45) is 0 Å². The van der Waals surface area contributed by atoms with Crippen LogP contribution in [0.1, 0.15) is 5.01 Å². The fraction of sp³-hybridized carbons (Fsp3) is 0.188. The number of rotatable bonds is 5. The van der Waals surface area contributed by atoms with Crippen LogP contribution in [0.25, 0.3) is 21.0 Å². The number of fused-ring (bicyclic) bond motifs is 1. The number of benzene rings is 1. The largest absolute Gasteiger partial charge is 0.408 e. The van der Waals surface area contributed by atoms with Crippen molar-refractivity contribution < 1.29 is 9.32 Å². The Morgan fingerprint density at radius 3 is 2.92 bits per heavy atom. The van der Waals surface area contributed by atoms with Gasteiger partial charge in [0, 0.05) is 0 Å². The van der Waals surface area contributed by atoms with E-state index in [-0.39, 0.29) is 0 Å². The van der Waals surface area contributed by atoms with Gasteiger partial charge in [0.25, 0.3) is 10.7 Å². The molecule has 0 spiro atoms. The Hall–Kier alpha value is -1.87. The number of para-hydroxylation sites is 1. The van der Waals surface area contributed by atoms with Crippen LogP contribution in [0, 0.1) is 4.84 Å². The van der Waals surface area contributed by atoms with Crippen molar-refractivity contribution >= 4 is 45.1 Å². The summed E-state index contributed by atoms with van der Waals surface area (Å²) >= 11 is 8.62. The molecule has 4 aromatic rings. The Kier molecular flexibility index (Phi) is 4.28. The average molecular weight is 376 g/mol. The molecule has 0 amide bonds. The lowest BCUT2D eigenvalue weighted by molar-refractivity contribution is -0.917. The zero-order chi connectivity index (χ0) is 16.5. The van der Waals surface area contributed by atoms with Gasteiger partial charge in [-0.05, 0) is 35.8 Å². The van der Waals surface area contributed by atoms with Gasteiger partial charge in [0.1, 0.15) is 11.6 Å². The predicted octanol–water partition coefficient (Wildman–Crippen LogP) is 3.22. The molecule has 0 fully saturated rings. The topological polar surface area (TPSA) is 48.3 Å². The fourth-order valence-electron chi connectivity index (χ4n) is 2.47. The molecule has 0 radical (unpaired) electrons. The summed E-state index contributed by atoms with van der Waals surface area (Å²) in [5, 5.41) is 7.61. The minimum absolute atomic E-state index is 0.405. The first-order valence-electron chi connectivity index (χ1n) is 7.46. The van der Waals surface area contributed by atoms with E-state index in [1.54, 1.807) is 27.4 Å². The minimum atomic E-state index is 0.405. The molecule has 3 heterocycles. The van der Waals surface area contributed by atoms with Crippen molar-refractivity contribution in [1.82, 2.24) is 14.8 Å². The maximum absolute atomic E-state index is 5.61. The van der Waals surface area contributed by atoms with Crippen LogP contribution in [0.5, 0.6) is 0 Å². The molecule has 5 nitrogen and oxygen atoms in total. The lowest BCUT2D eigenvalue weighted by atomic mass is 10.3.